The van der Waals surface area contributed by atoms with Crippen molar-refractivity contribution in [3.05, 3.63) is 73.3 Å². The Morgan fingerprint density at radius 3 is 2.90 bits per heavy atom. The number of aromatic nitrogens is 7. The van der Waals surface area contributed by atoms with Crippen molar-refractivity contribution in [1.82, 2.24) is 39.4 Å². The Bertz CT molecular complexity index is 1780. The van der Waals surface area contributed by atoms with Gasteiger partial charge in [-0.2, -0.15) is 5.10 Å². The minimum atomic E-state index is -0.715. The van der Waals surface area contributed by atoms with Gasteiger partial charge in [0.1, 0.15) is 41.9 Å². The van der Waals surface area contributed by atoms with Gasteiger partial charge in [-0.1, -0.05) is 6.58 Å². The summed E-state index contributed by atoms with van der Waals surface area (Å²) >= 11 is 0. The minimum absolute atomic E-state index is 0.164. The Labute approximate surface area is 232 Å². The fourth-order valence-electron chi connectivity index (χ4n) is 4.65. The first-order valence-electron chi connectivity index (χ1n) is 12.7. The van der Waals surface area contributed by atoms with E-state index in [-0.39, 0.29) is 29.5 Å². The van der Waals surface area contributed by atoms with Crippen molar-refractivity contribution in [3.8, 4) is 11.5 Å². The molecule has 1 saturated heterocycles. The molecular weight excluding hydrogens is 534 g/mol. The van der Waals surface area contributed by atoms with Crippen LogP contribution in [0.3, 0.4) is 0 Å². The number of hydrogen-bond acceptors (Lipinski definition) is 10. The summed E-state index contributed by atoms with van der Waals surface area (Å²) in [6.07, 6.45) is 7.17. The Morgan fingerprint density at radius 1 is 1.20 bits per heavy atom. The van der Waals surface area contributed by atoms with Gasteiger partial charge in [0.2, 0.25) is 11.9 Å². The molecule has 1 amide bonds. The average Bonchev–Trinajstić information content (AvgIpc) is 3.48. The van der Waals surface area contributed by atoms with Gasteiger partial charge in [-0.25, -0.2) is 38.2 Å². The summed E-state index contributed by atoms with van der Waals surface area (Å²) in [6, 6.07) is 5.95. The van der Waals surface area contributed by atoms with E-state index in [1.807, 2.05) is 0 Å². The molecule has 5 aromatic rings. The highest BCUT2D eigenvalue weighted by Crippen LogP contribution is 2.33. The zero-order valence-corrected chi connectivity index (χ0v) is 21.9. The summed E-state index contributed by atoms with van der Waals surface area (Å²) in [7, 11) is 0. The maximum absolute atomic E-state index is 15.5. The second-order valence-electron chi connectivity index (χ2n) is 9.32. The molecule has 1 fully saturated rings. The molecule has 1 aromatic carbocycles. The van der Waals surface area contributed by atoms with Gasteiger partial charge in [-0.05, 0) is 31.2 Å². The molecule has 1 atom stereocenters. The number of carbonyl (C=O) groups is 1. The smallest absolute Gasteiger partial charge is 0.246 e. The molecule has 14 heteroatoms. The van der Waals surface area contributed by atoms with Crippen molar-refractivity contribution < 1.29 is 18.3 Å². The topological polar surface area (TPSA) is 127 Å². The highest BCUT2D eigenvalue weighted by molar-refractivity contribution is 5.88. The highest BCUT2D eigenvalue weighted by Gasteiger charge is 2.30. The summed E-state index contributed by atoms with van der Waals surface area (Å²) in [4.78, 5) is 37.0. The summed E-state index contributed by atoms with van der Waals surface area (Å²) in [5, 5.41) is 7.06. The molecule has 0 radical (unpaired) electrons. The van der Waals surface area contributed by atoms with E-state index in [1.54, 1.807) is 46.8 Å². The Morgan fingerprint density at radius 2 is 2.07 bits per heavy atom. The van der Waals surface area contributed by atoms with Gasteiger partial charge in [-0.3, -0.25) is 4.79 Å². The van der Waals surface area contributed by atoms with Crippen LogP contribution in [0.1, 0.15) is 5.56 Å². The molecule has 0 saturated carbocycles. The normalized spacial score (nSPS) is 15.3. The standard InChI is InChI=1S/C27H24F2N10O2/c1-3-23(40)38-9-8-37(13-17(38)11-28)27-30-12-20-25(36-27)26(33-14-31-20)35-19-4-5-21(16(2)24(19)29)41-18-6-7-39-22(10-18)32-15-34-39/h3-7,10,12,14-15,17H,1,8-9,11,13H2,2H3,(H,31,33,35)/t17-/m1/s1. The van der Waals surface area contributed by atoms with Crippen LogP contribution in [0.15, 0.2) is 62.0 Å². The lowest BCUT2D eigenvalue weighted by molar-refractivity contribution is -0.129. The number of benzene rings is 1. The number of anilines is 3. The minimum Gasteiger partial charge on any atom is -0.457 e. The third-order valence-electron chi connectivity index (χ3n) is 6.84. The largest absolute Gasteiger partial charge is 0.457 e. The fourth-order valence-corrected chi connectivity index (χ4v) is 4.65. The van der Waals surface area contributed by atoms with Gasteiger partial charge in [0, 0.05) is 37.5 Å². The Balaban J connectivity index is 1.25. The molecule has 12 nitrogen and oxygen atoms in total. The maximum Gasteiger partial charge on any atom is 0.246 e. The molecular formula is C27H24F2N10O2. The number of fused-ring (bicyclic) bond motifs is 2. The van der Waals surface area contributed by atoms with Gasteiger partial charge in [0.15, 0.2) is 17.3 Å². The molecule has 5 heterocycles. The number of amides is 1. The number of alkyl halides is 1. The van der Waals surface area contributed by atoms with Crippen LogP contribution >= 0.6 is 0 Å². The number of hydrogen-bond donors (Lipinski definition) is 1. The molecule has 1 aliphatic heterocycles. The quantitative estimate of drug-likeness (QED) is 0.296. The maximum atomic E-state index is 15.5. The third kappa shape index (κ3) is 4.95. The Kier molecular flexibility index (Phi) is 6.79. The molecule has 1 N–H and O–H groups in total. The number of ether oxygens (including phenoxy) is 1. The summed E-state index contributed by atoms with van der Waals surface area (Å²) in [5.41, 5.74) is 1.85. The van der Waals surface area contributed by atoms with Crippen LogP contribution in [0, 0.1) is 12.7 Å². The van der Waals surface area contributed by atoms with Gasteiger partial charge in [0.05, 0.1) is 17.9 Å². The van der Waals surface area contributed by atoms with Crippen LogP contribution in [0.2, 0.25) is 0 Å². The van der Waals surface area contributed by atoms with Crippen LogP contribution in [-0.2, 0) is 4.79 Å². The van der Waals surface area contributed by atoms with E-state index in [0.717, 1.165) is 0 Å². The van der Waals surface area contributed by atoms with Crippen molar-refractivity contribution in [2.75, 3.05) is 36.5 Å². The molecule has 4 aromatic heterocycles. The summed E-state index contributed by atoms with van der Waals surface area (Å²) in [5.74, 6) is 0.572. The molecule has 208 valence electrons. The summed E-state index contributed by atoms with van der Waals surface area (Å²) < 4.78 is 36.8. The number of carbonyl (C=O) groups excluding carboxylic acids is 1. The zero-order chi connectivity index (χ0) is 28.5. The number of nitrogens with zero attached hydrogens (tertiary/aromatic N) is 9. The average molecular weight is 559 g/mol. The summed E-state index contributed by atoms with van der Waals surface area (Å²) in [6.45, 7) is 5.29. The van der Waals surface area contributed by atoms with Gasteiger partial charge >= 0.3 is 0 Å². The fraction of sp³-hybridized carbons (Fsp3) is 0.222. The molecule has 6 rings (SSSR count). The van der Waals surface area contributed by atoms with E-state index in [4.69, 9.17) is 4.74 Å². The lowest BCUT2D eigenvalue weighted by Gasteiger charge is -2.39. The van der Waals surface area contributed by atoms with Crippen LogP contribution in [-0.4, -0.2) is 77.7 Å². The molecule has 0 spiro atoms. The lowest BCUT2D eigenvalue weighted by atomic mass is 10.1. The number of piperazine rings is 1. The first kappa shape index (κ1) is 26.0. The van der Waals surface area contributed by atoms with Gasteiger partial charge in [-0.15, -0.1) is 0 Å². The number of nitrogens with one attached hydrogen (secondary N) is 1. The second kappa shape index (κ2) is 10.7. The van der Waals surface area contributed by atoms with Crippen LogP contribution in [0.5, 0.6) is 11.5 Å². The van der Waals surface area contributed by atoms with Crippen molar-refractivity contribution in [3.63, 3.8) is 0 Å². The lowest BCUT2D eigenvalue weighted by Crippen LogP contribution is -2.56. The van der Waals surface area contributed by atoms with E-state index in [9.17, 15) is 9.18 Å². The van der Waals surface area contributed by atoms with Gasteiger partial charge in [0.25, 0.3) is 0 Å². The van der Waals surface area contributed by atoms with Crippen LogP contribution in [0.25, 0.3) is 16.7 Å². The first-order chi connectivity index (χ1) is 19.9. The Hall–Kier alpha value is -5.27. The second-order valence-corrected chi connectivity index (χ2v) is 9.32. The van der Waals surface area contributed by atoms with Crippen LogP contribution < -0.4 is 15.0 Å². The molecule has 1 aliphatic rings. The van der Waals surface area contributed by atoms with Crippen molar-refractivity contribution in [1.29, 1.82) is 0 Å². The first-order valence-corrected chi connectivity index (χ1v) is 12.7. The zero-order valence-electron chi connectivity index (χ0n) is 21.9. The van der Waals surface area contributed by atoms with Crippen molar-refractivity contribution in [2.45, 2.75) is 13.0 Å². The van der Waals surface area contributed by atoms with E-state index < -0.39 is 18.5 Å². The van der Waals surface area contributed by atoms with Crippen molar-refractivity contribution >= 4 is 40.0 Å². The molecule has 0 bridgehead atoms. The highest BCUT2D eigenvalue weighted by atomic mass is 19.1. The van der Waals surface area contributed by atoms with Crippen LogP contribution in [0.4, 0.5) is 26.2 Å². The van der Waals surface area contributed by atoms with Gasteiger partial charge < -0.3 is 19.9 Å². The molecule has 0 aliphatic carbocycles. The number of rotatable bonds is 7. The third-order valence-corrected chi connectivity index (χ3v) is 6.84. The molecule has 0 unspecified atom stereocenters. The van der Waals surface area contributed by atoms with E-state index >= 15 is 4.39 Å². The van der Waals surface area contributed by atoms with E-state index in [0.29, 0.717) is 47.2 Å². The molecule has 41 heavy (non-hydrogen) atoms. The predicted octanol–water partition coefficient (Wildman–Crippen LogP) is 3.62. The number of pyridine rings is 1. The monoisotopic (exact) mass is 558 g/mol. The number of halogens is 2. The van der Waals surface area contributed by atoms with Crippen molar-refractivity contribution in [2.24, 2.45) is 0 Å². The van der Waals surface area contributed by atoms with E-state index in [1.165, 1.54) is 29.8 Å². The van der Waals surface area contributed by atoms with E-state index in [2.05, 4.69) is 41.9 Å². The predicted molar refractivity (Wildman–Crippen MR) is 146 cm³/mol. The SMILES string of the molecule is C=CC(=O)N1CCN(c2ncc3ncnc(Nc4ccc(Oc5ccn6ncnc6c5)c(C)c4F)c3n2)C[C@H]1CF.